The predicted molar refractivity (Wildman–Crippen MR) is 144 cm³/mol. The molecule has 0 spiro atoms. The quantitative estimate of drug-likeness (QED) is 0.305. The van der Waals surface area contributed by atoms with Crippen LogP contribution in [0.25, 0.3) is 6.08 Å². The van der Waals surface area contributed by atoms with E-state index in [1.54, 1.807) is 43.5 Å². The number of aromatic carboxylic acids is 1. The second-order valence-corrected chi connectivity index (χ2v) is 10.2. The molecule has 0 bridgehead atoms. The average molecular weight is 592 g/mol. The number of benzene rings is 3. The molecule has 1 amide bonds. The van der Waals surface area contributed by atoms with E-state index in [1.807, 2.05) is 18.2 Å². The Hall–Kier alpha value is -2.78. The number of carbonyl (C=O) groups is 2. The maximum absolute atomic E-state index is 12.9. The van der Waals surface area contributed by atoms with Gasteiger partial charge in [-0.1, -0.05) is 45.2 Å². The fourth-order valence-electron chi connectivity index (χ4n) is 3.14. The molecular weight excluding hydrogens is 575 g/mol. The SMILES string of the molecule is CN1C(=O)/C(=C/c2cc(Br)ccc2OCc2ccc(Cl)cc2Cl)SC1=Nc1ccc(C(=O)O)cc1. The number of amidine groups is 1. The van der Waals surface area contributed by atoms with E-state index in [9.17, 15) is 9.59 Å². The Labute approximate surface area is 224 Å². The molecule has 3 aromatic rings. The fraction of sp³-hybridized carbons (Fsp3) is 0.0800. The van der Waals surface area contributed by atoms with Crippen LogP contribution in [0, 0.1) is 0 Å². The minimum absolute atomic E-state index is 0.167. The lowest BCUT2D eigenvalue weighted by molar-refractivity contribution is -0.121. The molecule has 35 heavy (non-hydrogen) atoms. The zero-order valence-corrected chi connectivity index (χ0v) is 22.1. The van der Waals surface area contributed by atoms with Gasteiger partial charge in [0.25, 0.3) is 5.91 Å². The van der Waals surface area contributed by atoms with Crippen molar-refractivity contribution in [3.05, 3.63) is 96.8 Å². The summed E-state index contributed by atoms with van der Waals surface area (Å²) < 4.78 is 6.85. The number of hydrogen-bond donors (Lipinski definition) is 1. The maximum atomic E-state index is 12.9. The van der Waals surface area contributed by atoms with Crippen molar-refractivity contribution in [3.63, 3.8) is 0 Å². The summed E-state index contributed by atoms with van der Waals surface area (Å²) in [6.07, 6.45) is 1.75. The third kappa shape index (κ3) is 6.08. The Kier molecular flexibility index (Phi) is 7.86. The van der Waals surface area contributed by atoms with Gasteiger partial charge in [0.1, 0.15) is 12.4 Å². The topological polar surface area (TPSA) is 79.2 Å². The van der Waals surface area contributed by atoms with E-state index < -0.39 is 5.97 Å². The van der Waals surface area contributed by atoms with Crippen molar-refractivity contribution in [3.8, 4) is 5.75 Å². The second-order valence-electron chi connectivity index (χ2n) is 7.43. The zero-order valence-electron chi connectivity index (χ0n) is 18.2. The highest BCUT2D eigenvalue weighted by Gasteiger charge is 2.30. The standard InChI is InChI=1S/C25H17BrCl2N2O4S/c1-30-23(31)22(35-25(30)29-19-7-3-14(4-8-19)24(32)33)11-16-10-17(26)5-9-21(16)34-13-15-2-6-18(27)12-20(15)28/h2-12H,13H2,1H3,(H,32,33)/b22-11-,29-25?. The monoisotopic (exact) mass is 590 g/mol. The molecule has 0 aliphatic carbocycles. The minimum atomic E-state index is -1.01. The lowest BCUT2D eigenvalue weighted by Gasteiger charge is -2.11. The van der Waals surface area contributed by atoms with Crippen molar-refractivity contribution >= 4 is 79.7 Å². The minimum Gasteiger partial charge on any atom is -0.488 e. The van der Waals surface area contributed by atoms with Crippen LogP contribution in [0.15, 0.2) is 75.0 Å². The van der Waals surface area contributed by atoms with Gasteiger partial charge in [-0.25, -0.2) is 9.79 Å². The molecular formula is C25H17BrCl2N2O4S. The van der Waals surface area contributed by atoms with Crippen molar-refractivity contribution in [1.82, 2.24) is 4.90 Å². The molecule has 10 heteroatoms. The molecule has 0 aromatic heterocycles. The molecule has 1 aliphatic rings. The van der Waals surface area contributed by atoms with Gasteiger partial charge in [-0.2, -0.15) is 0 Å². The molecule has 0 radical (unpaired) electrons. The van der Waals surface area contributed by atoms with E-state index in [0.717, 1.165) is 10.0 Å². The van der Waals surface area contributed by atoms with E-state index in [1.165, 1.54) is 28.8 Å². The first-order valence-electron chi connectivity index (χ1n) is 10.2. The highest BCUT2D eigenvalue weighted by Crippen LogP contribution is 2.36. The summed E-state index contributed by atoms with van der Waals surface area (Å²) >= 11 is 16.9. The van der Waals surface area contributed by atoms with Gasteiger partial charge in [0.2, 0.25) is 0 Å². The lowest BCUT2D eigenvalue weighted by Crippen LogP contribution is -2.23. The van der Waals surface area contributed by atoms with Crippen LogP contribution in [0.3, 0.4) is 0 Å². The highest BCUT2D eigenvalue weighted by molar-refractivity contribution is 9.10. The number of aliphatic imine (C=N–C) groups is 1. The molecule has 1 N–H and O–H groups in total. The van der Waals surface area contributed by atoms with Gasteiger partial charge >= 0.3 is 5.97 Å². The Morgan fingerprint density at radius 3 is 2.57 bits per heavy atom. The molecule has 178 valence electrons. The first-order chi connectivity index (χ1) is 16.7. The molecule has 1 aliphatic heterocycles. The molecule has 0 unspecified atom stereocenters. The fourth-order valence-corrected chi connectivity index (χ4v) is 4.96. The van der Waals surface area contributed by atoms with E-state index in [2.05, 4.69) is 20.9 Å². The lowest BCUT2D eigenvalue weighted by atomic mass is 10.1. The summed E-state index contributed by atoms with van der Waals surface area (Å²) in [6, 6.07) is 16.9. The van der Waals surface area contributed by atoms with Crippen LogP contribution in [0.5, 0.6) is 5.75 Å². The number of ether oxygens (including phenoxy) is 1. The number of nitrogens with zero attached hydrogens (tertiary/aromatic N) is 2. The van der Waals surface area contributed by atoms with E-state index >= 15 is 0 Å². The number of amides is 1. The van der Waals surface area contributed by atoms with Crippen molar-refractivity contribution in [2.75, 3.05) is 7.05 Å². The van der Waals surface area contributed by atoms with Gasteiger partial charge in [-0.15, -0.1) is 0 Å². The Morgan fingerprint density at radius 1 is 1.14 bits per heavy atom. The first kappa shape index (κ1) is 25.3. The Bertz CT molecular complexity index is 1380. The third-order valence-corrected chi connectivity index (χ3v) is 7.14. The van der Waals surface area contributed by atoms with Crippen LogP contribution >= 0.6 is 50.9 Å². The summed E-state index contributed by atoms with van der Waals surface area (Å²) in [4.78, 5) is 30.4. The highest BCUT2D eigenvalue weighted by atomic mass is 79.9. The van der Waals surface area contributed by atoms with Gasteiger partial charge < -0.3 is 9.84 Å². The number of halogens is 3. The molecule has 4 rings (SSSR count). The van der Waals surface area contributed by atoms with Gasteiger partial charge in [-0.3, -0.25) is 9.69 Å². The van der Waals surface area contributed by atoms with Gasteiger partial charge in [-0.05, 0) is 72.4 Å². The molecule has 3 aromatic carbocycles. The van der Waals surface area contributed by atoms with Gasteiger partial charge in [0.05, 0.1) is 16.2 Å². The summed E-state index contributed by atoms with van der Waals surface area (Å²) in [5.74, 6) is -0.637. The van der Waals surface area contributed by atoms with Crippen molar-refractivity contribution in [1.29, 1.82) is 0 Å². The number of carboxylic acid groups (broad SMARTS) is 1. The molecule has 1 fully saturated rings. The molecule has 0 atom stereocenters. The summed E-state index contributed by atoms with van der Waals surface area (Å²) in [6.45, 7) is 0.230. The van der Waals surface area contributed by atoms with E-state index in [0.29, 0.717) is 37.1 Å². The van der Waals surface area contributed by atoms with Crippen molar-refractivity contribution < 1.29 is 19.4 Å². The summed E-state index contributed by atoms with van der Waals surface area (Å²) in [5, 5.41) is 10.6. The normalized spacial score (nSPS) is 15.8. The van der Waals surface area contributed by atoms with E-state index in [4.69, 9.17) is 33.0 Å². The van der Waals surface area contributed by atoms with Crippen LogP contribution in [-0.2, 0) is 11.4 Å². The maximum Gasteiger partial charge on any atom is 0.335 e. The zero-order chi connectivity index (χ0) is 25.1. The smallest absolute Gasteiger partial charge is 0.335 e. The van der Waals surface area contributed by atoms with Crippen molar-refractivity contribution in [2.45, 2.75) is 6.61 Å². The van der Waals surface area contributed by atoms with Gasteiger partial charge in [0, 0.05) is 32.7 Å². The van der Waals surface area contributed by atoms with Crippen LogP contribution in [0.2, 0.25) is 10.0 Å². The molecule has 6 nitrogen and oxygen atoms in total. The first-order valence-corrected chi connectivity index (χ1v) is 12.5. The van der Waals surface area contributed by atoms with Crippen molar-refractivity contribution in [2.24, 2.45) is 4.99 Å². The van der Waals surface area contributed by atoms with E-state index in [-0.39, 0.29) is 18.1 Å². The molecule has 1 saturated heterocycles. The van der Waals surface area contributed by atoms with Crippen LogP contribution in [-0.4, -0.2) is 34.1 Å². The van der Waals surface area contributed by atoms with Crippen LogP contribution in [0.4, 0.5) is 5.69 Å². The van der Waals surface area contributed by atoms with Crippen LogP contribution in [0.1, 0.15) is 21.5 Å². The number of hydrogen-bond acceptors (Lipinski definition) is 5. The Morgan fingerprint density at radius 2 is 1.89 bits per heavy atom. The Balaban J connectivity index is 1.58. The summed E-state index contributed by atoms with van der Waals surface area (Å²) in [5.41, 5.74) is 2.21. The summed E-state index contributed by atoms with van der Waals surface area (Å²) in [7, 11) is 1.64. The van der Waals surface area contributed by atoms with Crippen LogP contribution < -0.4 is 4.74 Å². The number of carboxylic acids is 1. The number of thioether (sulfide) groups is 1. The molecule has 1 heterocycles. The number of likely N-dealkylation sites (N-methyl/N-ethyl adjacent to an activating group) is 1. The largest absolute Gasteiger partial charge is 0.488 e. The molecule has 0 saturated carbocycles. The second kappa shape index (κ2) is 10.9. The number of carbonyl (C=O) groups excluding carboxylic acids is 1. The number of rotatable bonds is 6. The third-order valence-electron chi connectivity index (χ3n) is 5.00. The van der Waals surface area contributed by atoms with Gasteiger partial charge in [0.15, 0.2) is 5.17 Å². The predicted octanol–water partition coefficient (Wildman–Crippen LogP) is 7.27. The average Bonchev–Trinajstić information content (AvgIpc) is 3.07.